The van der Waals surface area contributed by atoms with Gasteiger partial charge in [-0.15, -0.1) is 6.42 Å². The van der Waals surface area contributed by atoms with Crippen LogP contribution in [-0.2, 0) is 23.9 Å². The normalized spacial score (nSPS) is 15.7. The Balaban J connectivity index is 2.50. The molecule has 2 N–H and O–H groups in total. The molecule has 0 aromatic heterocycles. The number of rotatable bonds is 10. The maximum absolute atomic E-state index is 14.2. The number of hydrogen-bond donors (Lipinski definition) is 2. The van der Waals surface area contributed by atoms with Gasteiger partial charge in [0, 0.05) is 11.6 Å². The average Bonchev–Trinajstić information content (AvgIpc) is 2.82. The number of benzene rings is 1. The van der Waals surface area contributed by atoms with Crippen LogP contribution >= 0.6 is 0 Å². The Morgan fingerprint density at radius 2 is 1.78 bits per heavy atom. The summed E-state index contributed by atoms with van der Waals surface area (Å²) in [4.78, 5) is 53.6. The maximum atomic E-state index is 14.2. The molecule has 0 bridgehead atoms. The quantitative estimate of drug-likeness (QED) is 0.367. The van der Waals surface area contributed by atoms with Crippen LogP contribution in [0.5, 0.6) is 0 Å². The molecule has 2 rings (SSSR count). The van der Waals surface area contributed by atoms with Gasteiger partial charge in [0.25, 0.3) is 0 Å². The van der Waals surface area contributed by atoms with Crippen LogP contribution in [0.1, 0.15) is 77.5 Å². The lowest BCUT2D eigenvalue weighted by molar-refractivity contribution is -0.149. The Kier molecular flexibility index (Phi) is 10.5. The number of alkyl carbamates (subject to hydrolysis) is 1. The number of carbonyl (C=O) groups is 4. The summed E-state index contributed by atoms with van der Waals surface area (Å²) in [6.07, 6.45) is 7.75. The van der Waals surface area contributed by atoms with Gasteiger partial charge >= 0.3 is 12.1 Å². The van der Waals surface area contributed by atoms with Crippen molar-refractivity contribution >= 4 is 23.9 Å². The highest BCUT2D eigenvalue weighted by Crippen LogP contribution is 2.34. The van der Waals surface area contributed by atoms with Crippen LogP contribution in [0.4, 0.5) is 4.79 Å². The second-order valence-electron chi connectivity index (χ2n) is 10.3. The van der Waals surface area contributed by atoms with Crippen molar-refractivity contribution in [2.45, 2.75) is 84.0 Å². The van der Waals surface area contributed by atoms with E-state index in [2.05, 4.69) is 21.3 Å². The van der Waals surface area contributed by atoms with Crippen molar-refractivity contribution in [2.75, 3.05) is 13.7 Å². The van der Waals surface area contributed by atoms with E-state index >= 15 is 0 Å². The fourth-order valence-electron chi connectivity index (χ4n) is 3.99. The van der Waals surface area contributed by atoms with Gasteiger partial charge in [-0.05, 0) is 63.6 Å². The molecule has 0 saturated heterocycles. The third kappa shape index (κ3) is 8.24. The number of ether oxygens (including phenoxy) is 2. The molecule has 1 aromatic carbocycles. The van der Waals surface area contributed by atoms with Gasteiger partial charge in [-0.2, -0.15) is 0 Å². The number of nitrogens with one attached hydrogen (secondary N) is 2. The van der Waals surface area contributed by atoms with E-state index in [9.17, 15) is 19.2 Å². The van der Waals surface area contributed by atoms with Crippen LogP contribution in [0.3, 0.4) is 0 Å². The van der Waals surface area contributed by atoms with Crippen molar-refractivity contribution in [3.63, 3.8) is 0 Å². The zero-order chi connectivity index (χ0) is 27.8. The lowest BCUT2D eigenvalue weighted by Crippen LogP contribution is -2.59. The van der Waals surface area contributed by atoms with Crippen molar-refractivity contribution < 1.29 is 28.7 Å². The molecule has 202 valence electrons. The van der Waals surface area contributed by atoms with Crippen LogP contribution < -0.4 is 10.6 Å². The Morgan fingerprint density at radius 3 is 2.24 bits per heavy atom. The van der Waals surface area contributed by atoms with Crippen molar-refractivity contribution in [3.05, 3.63) is 35.4 Å². The molecule has 0 spiro atoms. The van der Waals surface area contributed by atoms with E-state index in [1.165, 1.54) is 7.11 Å². The number of esters is 1. The van der Waals surface area contributed by atoms with E-state index in [1.807, 2.05) is 13.8 Å². The van der Waals surface area contributed by atoms with Crippen LogP contribution in [0, 0.1) is 18.3 Å². The van der Waals surface area contributed by atoms with Gasteiger partial charge in [0.1, 0.15) is 24.2 Å². The van der Waals surface area contributed by atoms with Gasteiger partial charge in [-0.1, -0.05) is 38.3 Å². The Morgan fingerprint density at radius 1 is 1.16 bits per heavy atom. The molecule has 1 aliphatic carbocycles. The Hall–Kier alpha value is -3.54. The molecule has 0 radical (unpaired) electrons. The van der Waals surface area contributed by atoms with E-state index in [4.69, 9.17) is 11.2 Å². The van der Waals surface area contributed by atoms with Gasteiger partial charge in [-0.25, -0.2) is 4.79 Å². The van der Waals surface area contributed by atoms with Crippen molar-refractivity contribution in [1.29, 1.82) is 0 Å². The van der Waals surface area contributed by atoms with Gasteiger partial charge < -0.3 is 25.0 Å². The van der Waals surface area contributed by atoms with E-state index in [1.54, 1.807) is 49.9 Å². The number of methoxy groups -OCH3 is 1. The molecule has 9 heteroatoms. The first-order valence-electron chi connectivity index (χ1n) is 12.6. The topological polar surface area (TPSA) is 114 Å². The summed E-state index contributed by atoms with van der Waals surface area (Å²) in [5, 5.41) is 5.34. The third-order valence-electron chi connectivity index (χ3n) is 6.43. The van der Waals surface area contributed by atoms with Crippen molar-refractivity contribution in [1.82, 2.24) is 15.5 Å². The molecule has 3 amide bonds. The molecule has 37 heavy (non-hydrogen) atoms. The predicted octanol–water partition coefficient (Wildman–Crippen LogP) is 3.32. The first-order chi connectivity index (χ1) is 17.4. The van der Waals surface area contributed by atoms with Gasteiger partial charge in [0.05, 0.1) is 7.11 Å². The fourth-order valence-corrected chi connectivity index (χ4v) is 3.99. The van der Waals surface area contributed by atoms with Crippen molar-refractivity contribution in [2.24, 2.45) is 5.92 Å². The number of nitrogens with zero attached hydrogens (tertiary/aromatic N) is 1. The van der Waals surface area contributed by atoms with Crippen LogP contribution in [-0.4, -0.2) is 60.1 Å². The van der Waals surface area contributed by atoms with Crippen molar-refractivity contribution in [3.8, 4) is 12.3 Å². The summed E-state index contributed by atoms with van der Waals surface area (Å²) in [6, 6.07) is 4.64. The number of terminal acetylenes is 1. The van der Waals surface area contributed by atoms with Crippen LogP contribution in [0.15, 0.2) is 24.3 Å². The third-order valence-corrected chi connectivity index (χ3v) is 6.43. The molecular formula is C28H39N3O6. The van der Waals surface area contributed by atoms with E-state index in [-0.39, 0.29) is 24.4 Å². The van der Waals surface area contributed by atoms with E-state index in [0.29, 0.717) is 30.4 Å². The SMILES string of the molecule is C#Cc1ccc(C(C(=O)NCC(=O)OC)N(C(=O)C(NC(=O)OC(C)(C)C)C(C)CC)C2CCC2)cc1. The minimum absolute atomic E-state index is 0.208. The Bertz CT molecular complexity index is 1000. The monoisotopic (exact) mass is 513 g/mol. The summed E-state index contributed by atoms with van der Waals surface area (Å²) < 4.78 is 10.1. The lowest BCUT2D eigenvalue weighted by atomic mass is 9.86. The summed E-state index contributed by atoms with van der Waals surface area (Å²) >= 11 is 0. The number of hydrogen-bond acceptors (Lipinski definition) is 6. The molecule has 1 aromatic rings. The maximum Gasteiger partial charge on any atom is 0.408 e. The highest BCUT2D eigenvalue weighted by atomic mass is 16.6. The first kappa shape index (κ1) is 29.7. The average molecular weight is 514 g/mol. The van der Waals surface area contributed by atoms with Gasteiger partial charge in [0.2, 0.25) is 11.8 Å². The summed E-state index contributed by atoms with van der Waals surface area (Å²) in [5.74, 6) is 0.789. The lowest BCUT2D eigenvalue weighted by Gasteiger charge is -2.44. The smallest absolute Gasteiger partial charge is 0.408 e. The van der Waals surface area contributed by atoms with E-state index < -0.39 is 35.7 Å². The molecule has 1 saturated carbocycles. The molecule has 3 atom stereocenters. The zero-order valence-corrected chi connectivity index (χ0v) is 22.6. The van der Waals surface area contributed by atoms with Crippen LogP contribution in [0.2, 0.25) is 0 Å². The predicted molar refractivity (Wildman–Crippen MR) is 139 cm³/mol. The molecule has 0 heterocycles. The standard InChI is InChI=1S/C28H39N3O6/c1-8-18(3)23(30-27(35)37-28(4,5)6)26(34)31(21-11-10-12-21)24(25(33)29-17-22(32)36-7)20-15-13-19(9-2)14-16-20/h2,13-16,18,21,23-24H,8,10-12,17H2,1,3-7H3,(H,29,33)(H,30,35). The first-order valence-corrected chi connectivity index (χ1v) is 12.6. The van der Waals surface area contributed by atoms with Gasteiger partial charge in [-0.3, -0.25) is 14.4 Å². The molecule has 3 unspecified atom stereocenters. The molecule has 1 aliphatic rings. The molecule has 9 nitrogen and oxygen atoms in total. The fraction of sp³-hybridized carbons (Fsp3) is 0.571. The summed E-state index contributed by atoms with van der Waals surface area (Å²) in [7, 11) is 1.23. The summed E-state index contributed by atoms with van der Waals surface area (Å²) in [6.45, 7) is 8.69. The van der Waals surface area contributed by atoms with E-state index in [0.717, 1.165) is 6.42 Å². The number of carbonyl (C=O) groups excluding carboxylic acids is 4. The minimum Gasteiger partial charge on any atom is -0.468 e. The molecular weight excluding hydrogens is 474 g/mol. The highest BCUT2D eigenvalue weighted by molar-refractivity contribution is 5.93. The molecule has 0 aliphatic heterocycles. The largest absolute Gasteiger partial charge is 0.468 e. The second-order valence-corrected chi connectivity index (χ2v) is 10.3. The summed E-state index contributed by atoms with van der Waals surface area (Å²) in [5.41, 5.74) is 0.431. The molecule has 1 fully saturated rings. The Labute approximate surface area is 219 Å². The minimum atomic E-state index is -1.04. The number of amides is 3. The highest BCUT2D eigenvalue weighted by Gasteiger charge is 2.43. The van der Waals surface area contributed by atoms with Crippen LogP contribution in [0.25, 0.3) is 0 Å². The van der Waals surface area contributed by atoms with Gasteiger partial charge in [0.15, 0.2) is 0 Å². The zero-order valence-electron chi connectivity index (χ0n) is 22.6. The second kappa shape index (κ2) is 13.1.